The second kappa shape index (κ2) is 7.63. The van der Waals surface area contributed by atoms with Crippen molar-refractivity contribution >= 4 is 17.2 Å². The van der Waals surface area contributed by atoms with Crippen LogP contribution < -0.4 is 0 Å². The molecule has 1 unspecified atom stereocenters. The van der Waals surface area contributed by atoms with Gasteiger partial charge in [0.1, 0.15) is 11.2 Å². The fourth-order valence-electron chi connectivity index (χ4n) is 4.75. The Hall–Kier alpha value is -1.87. The van der Waals surface area contributed by atoms with Crippen molar-refractivity contribution in [2.75, 3.05) is 26.2 Å². The van der Waals surface area contributed by atoms with Gasteiger partial charge in [0.2, 0.25) is 0 Å². The van der Waals surface area contributed by atoms with Crippen LogP contribution in [0.2, 0.25) is 0 Å². The minimum atomic E-state index is -0.332. The molecule has 3 heterocycles. The molecule has 9 heteroatoms. The van der Waals surface area contributed by atoms with Crippen LogP contribution in [-0.2, 0) is 5.54 Å². The standard InChI is InChI=1S/C18H27N7OS/c1-3-24(4-2)18(17-20-21-22-25(17)14-7-5-6-8-14)9-10-23(12-18)16(26)15-11-27-13-19-15/h11,13-14H,3-10,12H2,1-2H3. The van der Waals surface area contributed by atoms with Gasteiger partial charge >= 0.3 is 0 Å². The molecule has 1 saturated carbocycles. The van der Waals surface area contributed by atoms with Crippen molar-refractivity contribution in [1.29, 1.82) is 0 Å². The van der Waals surface area contributed by atoms with E-state index >= 15 is 0 Å². The van der Waals surface area contributed by atoms with Crippen molar-refractivity contribution in [3.63, 3.8) is 0 Å². The largest absolute Gasteiger partial charge is 0.335 e. The lowest BCUT2D eigenvalue weighted by Crippen LogP contribution is -2.50. The first kappa shape index (κ1) is 18.5. The SMILES string of the molecule is CCN(CC)C1(c2nnnn2C2CCCC2)CCN(C(=O)c2cscn2)C1. The number of likely N-dealkylation sites (N-methyl/N-ethyl adjacent to an activating group) is 1. The minimum absolute atomic E-state index is 0.00479. The molecule has 2 aliphatic rings. The summed E-state index contributed by atoms with van der Waals surface area (Å²) in [5, 5.41) is 14.7. The fourth-order valence-corrected chi connectivity index (χ4v) is 5.28. The maximum Gasteiger partial charge on any atom is 0.273 e. The van der Waals surface area contributed by atoms with Gasteiger partial charge in [0.05, 0.1) is 11.6 Å². The summed E-state index contributed by atoms with van der Waals surface area (Å²) in [7, 11) is 0. The van der Waals surface area contributed by atoms with E-state index in [1.165, 1.54) is 24.2 Å². The van der Waals surface area contributed by atoms with E-state index in [0.717, 1.165) is 38.2 Å². The molecule has 0 aromatic carbocycles. The Morgan fingerprint density at radius 2 is 2.11 bits per heavy atom. The molecule has 1 amide bonds. The highest BCUT2D eigenvalue weighted by atomic mass is 32.1. The Labute approximate surface area is 163 Å². The predicted molar refractivity (Wildman–Crippen MR) is 103 cm³/mol. The van der Waals surface area contributed by atoms with Crippen LogP contribution in [0.1, 0.15) is 68.3 Å². The van der Waals surface area contributed by atoms with Crippen LogP contribution in [0.4, 0.5) is 0 Å². The van der Waals surface area contributed by atoms with Gasteiger partial charge in [-0.05, 0) is 42.8 Å². The number of carbonyl (C=O) groups excluding carboxylic acids is 1. The van der Waals surface area contributed by atoms with Crippen LogP contribution in [0.15, 0.2) is 10.9 Å². The van der Waals surface area contributed by atoms with Gasteiger partial charge in [0.15, 0.2) is 5.82 Å². The van der Waals surface area contributed by atoms with Crippen molar-refractivity contribution in [2.45, 2.75) is 57.5 Å². The van der Waals surface area contributed by atoms with Crippen molar-refractivity contribution in [3.8, 4) is 0 Å². The highest BCUT2D eigenvalue weighted by molar-refractivity contribution is 7.07. The van der Waals surface area contributed by atoms with Crippen LogP contribution in [0.3, 0.4) is 0 Å². The number of hydrogen-bond donors (Lipinski definition) is 0. The molecule has 0 radical (unpaired) electrons. The molecular weight excluding hydrogens is 362 g/mol. The second-order valence-electron chi connectivity index (χ2n) is 7.44. The van der Waals surface area contributed by atoms with Crippen LogP contribution in [-0.4, -0.2) is 67.1 Å². The van der Waals surface area contributed by atoms with Crippen LogP contribution in [0, 0.1) is 0 Å². The summed E-state index contributed by atoms with van der Waals surface area (Å²) >= 11 is 1.45. The number of nitrogens with zero attached hydrogens (tertiary/aromatic N) is 7. The van der Waals surface area contributed by atoms with Crippen LogP contribution in [0.5, 0.6) is 0 Å². The van der Waals surface area contributed by atoms with Gasteiger partial charge in [-0.25, -0.2) is 9.67 Å². The summed E-state index contributed by atoms with van der Waals surface area (Å²) in [5.74, 6) is 0.928. The lowest BCUT2D eigenvalue weighted by molar-refractivity contribution is 0.0657. The molecule has 0 spiro atoms. The average molecular weight is 390 g/mol. The van der Waals surface area contributed by atoms with Gasteiger partial charge < -0.3 is 4.90 Å². The monoisotopic (exact) mass is 389 g/mol. The zero-order chi connectivity index (χ0) is 18.9. The zero-order valence-corrected chi connectivity index (χ0v) is 16.9. The van der Waals surface area contributed by atoms with Gasteiger partial charge in [0, 0.05) is 18.5 Å². The van der Waals surface area contributed by atoms with Crippen molar-refractivity contribution < 1.29 is 4.79 Å². The van der Waals surface area contributed by atoms with E-state index in [1.54, 1.807) is 5.51 Å². The lowest BCUT2D eigenvalue weighted by atomic mass is 9.94. The molecule has 1 aliphatic carbocycles. The Bertz CT molecular complexity index is 767. The molecule has 1 atom stereocenters. The third-order valence-electron chi connectivity index (χ3n) is 6.13. The smallest absolute Gasteiger partial charge is 0.273 e. The first-order chi connectivity index (χ1) is 13.2. The number of rotatable bonds is 6. The number of likely N-dealkylation sites (tertiary alicyclic amines) is 1. The average Bonchev–Trinajstić information content (AvgIpc) is 3.49. The highest BCUT2D eigenvalue weighted by Crippen LogP contribution is 2.40. The van der Waals surface area contributed by atoms with Crippen molar-refractivity contribution in [1.82, 2.24) is 35.0 Å². The molecule has 0 N–H and O–H groups in total. The lowest BCUT2D eigenvalue weighted by Gasteiger charge is -2.39. The topological polar surface area (TPSA) is 80.0 Å². The minimum Gasteiger partial charge on any atom is -0.335 e. The third kappa shape index (κ3) is 3.16. The Morgan fingerprint density at radius 3 is 2.78 bits per heavy atom. The summed E-state index contributed by atoms with van der Waals surface area (Å²) in [5.41, 5.74) is 1.91. The maximum atomic E-state index is 12.9. The normalized spacial score (nSPS) is 23.6. The molecule has 1 aliphatic heterocycles. The van der Waals surface area contributed by atoms with Crippen molar-refractivity contribution in [2.24, 2.45) is 0 Å². The van der Waals surface area contributed by atoms with Gasteiger partial charge in [-0.15, -0.1) is 16.4 Å². The number of aromatic nitrogens is 5. The second-order valence-corrected chi connectivity index (χ2v) is 8.16. The highest BCUT2D eigenvalue weighted by Gasteiger charge is 2.49. The van der Waals surface area contributed by atoms with Crippen LogP contribution in [0.25, 0.3) is 0 Å². The van der Waals surface area contributed by atoms with E-state index in [0.29, 0.717) is 24.8 Å². The number of tetrazole rings is 1. The first-order valence-electron chi connectivity index (χ1n) is 9.90. The predicted octanol–water partition coefficient (Wildman–Crippen LogP) is 2.33. The van der Waals surface area contributed by atoms with Gasteiger partial charge in [-0.2, -0.15) is 0 Å². The molecule has 2 aromatic rings. The number of carbonyl (C=O) groups is 1. The number of hydrogen-bond acceptors (Lipinski definition) is 7. The quantitative estimate of drug-likeness (QED) is 0.754. The summed E-state index contributed by atoms with van der Waals surface area (Å²) in [6.07, 6.45) is 5.58. The maximum absolute atomic E-state index is 12.9. The van der Waals surface area contributed by atoms with Crippen LogP contribution >= 0.6 is 11.3 Å². The summed E-state index contributed by atoms with van der Waals surface area (Å²) < 4.78 is 2.06. The summed E-state index contributed by atoms with van der Waals surface area (Å²) in [6.45, 7) is 7.43. The molecule has 1 saturated heterocycles. The van der Waals surface area contributed by atoms with E-state index < -0.39 is 0 Å². The van der Waals surface area contributed by atoms with E-state index in [-0.39, 0.29) is 11.4 Å². The molecule has 146 valence electrons. The fraction of sp³-hybridized carbons (Fsp3) is 0.722. The molecular formula is C18H27N7OS. The molecule has 4 rings (SSSR count). The van der Waals surface area contributed by atoms with Gasteiger partial charge in [-0.3, -0.25) is 9.69 Å². The Balaban J connectivity index is 1.68. The first-order valence-corrected chi connectivity index (χ1v) is 10.8. The summed E-state index contributed by atoms with van der Waals surface area (Å²) in [6, 6.07) is 0.380. The molecule has 2 fully saturated rings. The number of amides is 1. The van der Waals surface area contributed by atoms with E-state index in [1.807, 2.05) is 10.3 Å². The van der Waals surface area contributed by atoms with E-state index in [9.17, 15) is 4.79 Å². The molecule has 0 bridgehead atoms. The Morgan fingerprint density at radius 1 is 1.33 bits per heavy atom. The molecule has 8 nitrogen and oxygen atoms in total. The van der Waals surface area contributed by atoms with Gasteiger partial charge in [0.25, 0.3) is 5.91 Å². The zero-order valence-electron chi connectivity index (χ0n) is 16.0. The Kier molecular flexibility index (Phi) is 5.23. The molecule has 2 aromatic heterocycles. The van der Waals surface area contributed by atoms with Crippen molar-refractivity contribution in [3.05, 3.63) is 22.4 Å². The van der Waals surface area contributed by atoms with E-state index in [2.05, 4.69) is 43.9 Å². The summed E-state index contributed by atoms with van der Waals surface area (Å²) in [4.78, 5) is 21.4. The van der Waals surface area contributed by atoms with Gasteiger partial charge in [-0.1, -0.05) is 26.7 Å². The van der Waals surface area contributed by atoms with E-state index in [4.69, 9.17) is 0 Å². The third-order valence-corrected chi connectivity index (χ3v) is 6.72. The number of thiazole rings is 1. The molecule has 27 heavy (non-hydrogen) atoms.